The van der Waals surface area contributed by atoms with E-state index in [0.29, 0.717) is 16.9 Å². The lowest BCUT2D eigenvalue weighted by Crippen LogP contribution is -2.20. The summed E-state index contributed by atoms with van der Waals surface area (Å²) in [4.78, 5) is 33.7. The molecule has 170 valence electrons. The van der Waals surface area contributed by atoms with Gasteiger partial charge in [-0.1, -0.05) is 11.6 Å². The predicted octanol–water partition coefficient (Wildman–Crippen LogP) is 4.22. The number of anilines is 1. The number of nitrogens with one attached hydrogen (secondary N) is 1. The summed E-state index contributed by atoms with van der Waals surface area (Å²) in [6, 6.07) is 8.30. The normalized spacial score (nSPS) is 10.9. The zero-order chi connectivity index (χ0) is 24.1. The van der Waals surface area contributed by atoms with E-state index >= 15 is 0 Å². The van der Waals surface area contributed by atoms with Gasteiger partial charge in [0.15, 0.2) is 6.61 Å². The van der Waals surface area contributed by atoms with E-state index in [1.807, 2.05) is 0 Å². The Morgan fingerprint density at radius 1 is 1.24 bits per heavy atom. The molecular formula is C21H15ClF2N4O5. The van der Waals surface area contributed by atoms with Gasteiger partial charge in [0.1, 0.15) is 11.0 Å². The number of ether oxygens (including phenoxy) is 1. The van der Waals surface area contributed by atoms with Gasteiger partial charge < -0.3 is 10.1 Å². The Bertz CT molecular complexity index is 1260. The van der Waals surface area contributed by atoms with Crippen molar-refractivity contribution in [2.24, 2.45) is 0 Å². The van der Waals surface area contributed by atoms with Gasteiger partial charge in [-0.15, -0.1) is 0 Å². The fraction of sp³-hybridized carbons (Fsp3) is 0.0952. The number of nitro benzene ring substituents is 1. The Balaban J connectivity index is 1.60. The second kappa shape index (κ2) is 10.0. The molecule has 3 rings (SSSR count). The van der Waals surface area contributed by atoms with E-state index in [1.165, 1.54) is 35.0 Å². The maximum atomic E-state index is 13.3. The minimum atomic E-state index is -1.05. The number of carbonyl (C=O) groups excluding carboxylic acids is 2. The van der Waals surface area contributed by atoms with Crippen LogP contribution in [0.5, 0.6) is 0 Å². The lowest BCUT2D eigenvalue weighted by Gasteiger charge is -2.05. The molecular weight excluding hydrogens is 462 g/mol. The number of nitro groups is 1. The third-order valence-electron chi connectivity index (χ3n) is 4.28. The van der Waals surface area contributed by atoms with Crippen LogP contribution in [0.25, 0.3) is 11.8 Å². The zero-order valence-electron chi connectivity index (χ0n) is 16.9. The van der Waals surface area contributed by atoms with Crippen LogP contribution >= 0.6 is 11.6 Å². The van der Waals surface area contributed by atoms with Gasteiger partial charge in [0.2, 0.25) is 5.82 Å². The maximum absolute atomic E-state index is 13.3. The van der Waals surface area contributed by atoms with Gasteiger partial charge in [-0.2, -0.15) is 9.49 Å². The summed E-state index contributed by atoms with van der Waals surface area (Å²) in [6.07, 6.45) is 2.40. The Morgan fingerprint density at radius 2 is 1.94 bits per heavy atom. The molecule has 0 aliphatic rings. The number of benzene rings is 2. The Hall–Kier alpha value is -4.12. The lowest BCUT2D eigenvalue weighted by atomic mass is 10.2. The molecule has 1 aromatic heterocycles. The van der Waals surface area contributed by atoms with Gasteiger partial charge in [-0.25, -0.2) is 13.9 Å². The average molecular weight is 477 g/mol. The highest BCUT2D eigenvalue weighted by Gasteiger charge is 2.16. The van der Waals surface area contributed by atoms with E-state index in [0.717, 1.165) is 24.3 Å². The molecule has 0 saturated heterocycles. The topological polar surface area (TPSA) is 116 Å². The molecule has 0 aliphatic heterocycles. The number of halogens is 3. The molecule has 0 atom stereocenters. The quantitative estimate of drug-likeness (QED) is 0.236. The maximum Gasteiger partial charge on any atom is 0.331 e. The number of carbonyl (C=O) groups is 2. The van der Waals surface area contributed by atoms with Crippen molar-refractivity contribution in [1.82, 2.24) is 9.78 Å². The monoisotopic (exact) mass is 476 g/mol. The van der Waals surface area contributed by atoms with Crippen molar-refractivity contribution in [2.45, 2.75) is 6.92 Å². The van der Waals surface area contributed by atoms with E-state index < -0.39 is 40.7 Å². The molecule has 9 nitrogen and oxygen atoms in total. The number of esters is 1. The molecule has 0 radical (unpaired) electrons. The molecule has 0 unspecified atom stereocenters. The van der Waals surface area contributed by atoms with Crippen LogP contribution in [-0.2, 0) is 14.3 Å². The van der Waals surface area contributed by atoms with Crippen molar-refractivity contribution in [1.29, 1.82) is 0 Å². The van der Waals surface area contributed by atoms with Crippen molar-refractivity contribution >= 4 is 40.9 Å². The number of aromatic nitrogens is 2. The zero-order valence-corrected chi connectivity index (χ0v) is 17.7. The summed E-state index contributed by atoms with van der Waals surface area (Å²) >= 11 is 6.32. The van der Waals surface area contributed by atoms with Crippen LogP contribution in [0.3, 0.4) is 0 Å². The van der Waals surface area contributed by atoms with Crippen molar-refractivity contribution in [2.75, 3.05) is 11.9 Å². The van der Waals surface area contributed by atoms with Crippen molar-refractivity contribution < 1.29 is 28.0 Å². The van der Waals surface area contributed by atoms with Crippen LogP contribution in [0.15, 0.2) is 48.5 Å². The van der Waals surface area contributed by atoms with Crippen LogP contribution in [0.2, 0.25) is 5.15 Å². The molecule has 1 amide bonds. The molecule has 0 bridgehead atoms. The summed E-state index contributed by atoms with van der Waals surface area (Å²) in [5, 5.41) is 17.5. The number of aryl methyl sites for hydroxylation is 1. The molecule has 1 heterocycles. The molecule has 12 heteroatoms. The first-order valence-corrected chi connectivity index (χ1v) is 9.63. The highest BCUT2D eigenvalue weighted by atomic mass is 35.5. The van der Waals surface area contributed by atoms with Gasteiger partial charge >= 0.3 is 11.7 Å². The van der Waals surface area contributed by atoms with Crippen molar-refractivity contribution in [3.8, 4) is 5.69 Å². The minimum Gasteiger partial charge on any atom is -0.452 e. The van der Waals surface area contributed by atoms with Crippen molar-refractivity contribution in [3.05, 3.63) is 86.7 Å². The van der Waals surface area contributed by atoms with E-state index in [-0.39, 0.29) is 10.8 Å². The number of hydrogen-bond acceptors (Lipinski definition) is 6. The fourth-order valence-corrected chi connectivity index (χ4v) is 3.05. The molecule has 2 aromatic carbocycles. The minimum absolute atomic E-state index is 0.0321. The van der Waals surface area contributed by atoms with Crippen LogP contribution in [0, 0.1) is 28.7 Å². The van der Waals surface area contributed by atoms with Crippen LogP contribution in [0.1, 0.15) is 11.3 Å². The summed E-state index contributed by atoms with van der Waals surface area (Å²) in [6.45, 7) is 0.974. The summed E-state index contributed by atoms with van der Waals surface area (Å²) < 4.78 is 32.7. The van der Waals surface area contributed by atoms with E-state index in [9.17, 15) is 28.5 Å². The Labute approximate surface area is 190 Å². The first kappa shape index (κ1) is 23.5. The number of nitrogens with zero attached hydrogens (tertiary/aromatic N) is 3. The molecule has 0 aliphatic carbocycles. The first-order chi connectivity index (χ1) is 15.7. The summed E-state index contributed by atoms with van der Waals surface area (Å²) in [5.41, 5.74) is 0.589. The van der Waals surface area contributed by atoms with E-state index in [4.69, 9.17) is 16.3 Å². The lowest BCUT2D eigenvalue weighted by molar-refractivity contribution is -0.387. The number of hydrogen-bond donors (Lipinski definition) is 1. The number of rotatable bonds is 7. The van der Waals surface area contributed by atoms with Gasteiger partial charge in [-0.05, 0) is 49.4 Å². The molecule has 1 N–H and O–H groups in total. The SMILES string of the molecule is Cc1nn(-c2ccc(F)cc2)c(Cl)c1/C=C/C(=O)OCC(=O)Nc1ccc(F)c([N+](=O)[O-])c1. The predicted molar refractivity (Wildman–Crippen MR) is 115 cm³/mol. The fourth-order valence-electron chi connectivity index (χ4n) is 2.72. The smallest absolute Gasteiger partial charge is 0.331 e. The average Bonchev–Trinajstić information content (AvgIpc) is 3.05. The second-order valence-corrected chi connectivity index (χ2v) is 6.95. The van der Waals surface area contributed by atoms with Gasteiger partial charge in [0.25, 0.3) is 5.91 Å². The summed E-state index contributed by atoms with van der Waals surface area (Å²) in [5.74, 6) is -3.11. The molecule has 3 aromatic rings. The van der Waals surface area contributed by atoms with E-state index in [2.05, 4.69) is 10.4 Å². The van der Waals surface area contributed by atoms with Gasteiger partial charge in [0, 0.05) is 23.4 Å². The second-order valence-electron chi connectivity index (χ2n) is 6.59. The molecule has 33 heavy (non-hydrogen) atoms. The highest BCUT2D eigenvalue weighted by Crippen LogP contribution is 2.25. The summed E-state index contributed by atoms with van der Waals surface area (Å²) in [7, 11) is 0. The highest BCUT2D eigenvalue weighted by molar-refractivity contribution is 6.31. The van der Waals surface area contributed by atoms with Crippen LogP contribution in [0.4, 0.5) is 20.2 Å². The van der Waals surface area contributed by atoms with Gasteiger partial charge in [-0.3, -0.25) is 14.9 Å². The Kier molecular flexibility index (Phi) is 7.13. The van der Waals surface area contributed by atoms with Gasteiger partial charge in [0.05, 0.1) is 16.3 Å². The van der Waals surface area contributed by atoms with Crippen LogP contribution in [-0.4, -0.2) is 33.2 Å². The standard InChI is InChI=1S/C21H15ClF2N4O5/c1-12-16(21(22)27(26-12)15-5-2-13(23)3-6-15)7-9-20(30)33-11-19(29)25-14-4-8-17(24)18(10-14)28(31)32/h2-10H,11H2,1H3,(H,25,29)/b9-7+. The first-order valence-electron chi connectivity index (χ1n) is 9.25. The third kappa shape index (κ3) is 5.77. The largest absolute Gasteiger partial charge is 0.452 e. The molecule has 0 saturated carbocycles. The molecule has 0 fully saturated rings. The van der Waals surface area contributed by atoms with Crippen molar-refractivity contribution in [3.63, 3.8) is 0 Å². The molecule has 0 spiro atoms. The number of amides is 1. The Morgan fingerprint density at radius 3 is 2.61 bits per heavy atom. The third-order valence-corrected chi connectivity index (χ3v) is 4.64. The van der Waals surface area contributed by atoms with Crippen LogP contribution < -0.4 is 5.32 Å². The van der Waals surface area contributed by atoms with E-state index in [1.54, 1.807) is 6.92 Å².